The predicted octanol–water partition coefficient (Wildman–Crippen LogP) is 0.411. The van der Waals surface area contributed by atoms with Crippen LogP contribution >= 0.6 is 12.2 Å². The molecule has 13 heteroatoms. The van der Waals surface area contributed by atoms with Gasteiger partial charge in [0, 0.05) is 38.1 Å². The van der Waals surface area contributed by atoms with E-state index in [-0.39, 0.29) is 22.6 Å². The van der Waals surface area contributed by atoms with Crippen molar-refractivity contribution in [3.8, 4) is 5.88 Å². The Morgan fingerprint density at radius 1 is 1.19 bits per heavy atom. The number of hydrogen-bond donors (Lipinski definition) is 4. The molecule has 12 nitrogen and oxygen atoms in total. The Labute approximate surface area is 210 Å². The minimum atomic E-state index is -1.49. The van der Waals surface area contributed by atoms with Gasteiger partial charge in [-0.1, -0.05) is 0 Å². The van der Waals surface area contributed by atoms with Gasteiger partial charge in [-0.15, -0.1) is 0 Å². The van der Waals surface area contributed by atoms with Gasteiger partial charge in [-0.25, -0.2) is 4.79 Å². The molecule has 0 saturated carbocycles. The van der Waals surface area contributed by atoms with E-state index >= 15 is 0 Å². The molecule has 2 saturated heterocycles. The number of rotatable bonds is 3. The molecular formula is C23H25N7O5S. The number of carbonyl (C=O) groups is 3. The van der Waals surface area contributed by atoms with Gasteiger partial charge >= 0.3 is 6.03 Å². The van der Waals surface area contributed by atoms with E-state index in [9.17, 15) is 24.3 Å². The lowest BCUT2D eigenvalue weighted by Gasteiger charge is -2.53. The summed E-state index contributed by atoms with van der Waals surface area (Å²) in [6.45, 7) is 3.97. The van der Waals surface area contributed by atoms with Crippen LogP contribution in [0.5, 0.6) is 5.88 Å². The Bertz CT molecular complexity index is 1430. The third-order valence-corrected chi connectivity index (χ3v) is 7.45. The van der Waals surface area contributed by atoms with Crippen molar-refractivity contribution in [3.63, 3.8) is 0 Å². The van der Waals surface area contributed by atoms with Crippen molar-refractivity contribution < 1.29 is 19.5 Å². The number of nitrogens with one attached hydrogen (secondary N) is 3. The minimum absolute atomic E-state index is 0.0386. The van der Waals surface area contributed by atoms with E-state index in [1.165, 1.54) is 10.8 Å². The number of benzene rings is 1. The van der Waals surface area contributed by atoms with Crippen LogP contribution in [0.3, 0.4) is 0 Å². The number of aliphatic imine (C=N–C) groups is 1. The maximum atomic E-state index is 13.2. The van der Waals surface area contributed by atoms with Gasteiger partial charge in [0.1, 0.15) is 5.56 Å². The van der Waals surface area contributed by atoms with Crippen molar-refractivity contribution in [2.24, 2.45) is 10.4 Å². The molecule has 188 valence electrons. The molecule has 5 rings (SSSR count). The Morgan fingerprint density at radius 3 is 2.61 bits per heavy atom. The molecule has 4 N–H and O–H groups in total. The number of amides is 4. The number of hydrogen-bond acceptors (Lipinski definition) is 9. The average Bonchev–Trinajstić information content (AvgIpc) is 2.82. The molecule has 2 aromatic rings. The highest BCUT2D eigenvalue weighted by molar-refractivity contribution is 7.71. The smallest absolute Gasteiger partial charge is 0.328 e. The number of barbiturate groups is 1. The second-order valence-electron chi connectivity index (χ2n) is 9.17. The van der Waals surface area contributed by atoms with Gasteiger partial charge in [-0.2, -0.15) is 0 Å². The van der Waals surface area contributed by atoms with E-state index in [0.29, 0.717) is 30.9 Å². The summed E-state index contributed by atoms with van der Waals surface area (Å²) in [4.78, 5) is 61.5. The zero-order chi connectivity index (χ0) is 25.8. The van der Waals surface area contributed by atoms with E-state index < -0.39 is 34.9 Å². The highest BCUT2D eigenvalue weighted by Gasteiger charge is 2.60. The fourth-order valence-corrected chi connectivity index (χ4v) is 5.58. The lowest BCUT2D eigenvalue weighted by molar-refractivity contribution is -0.147. The van der Waals surface area contributed by atoms with Gasteiger partial charge in [0.2, 0.25) is 17.7 Å². The van der Waals surface area contributed by atoms with Crippen LogP contribution in [0.25, 0.3) is 0 Å². The predicted molar refractivity (Wildman–Crippen MR) is 133 cm³/mol. The third-order valence-electron chi connectivity index (χ3n) is 7.12. The Morgan fingerprint density at radius 2 is 1.92 bits per heavy atom. The first kappa shape index (κ1) is 23.9. The molecule has 0 unspecified atom stereocenters. The Kier molecular flexibility index (Phi) is 5.75. The Balaban J connectivity index is 1.57. The van der Waals surface area contributed by atoms with Crippen molar-refractivity contribution in [1.29, 1.82) is 0 Å². The number of aromatic amines is 1. The SMILES string of the molecule is CCn1c(O)c(C=Nc2ccc3c(c2)CC2(C(=O)NC(=O)NC2=O)[C@@H]2CN(C)CCN32)c(=O)[nH]c1=S. The second kappa shape index (κ2) is 8.68. The maximum absolute atomic E-state index is 13.2. The summed E-state index contributed by atoms with van der Waals surface area (Å²) in [6.07, 6.45) is 1.34. The molecule has 1 aromatic carbocycles. The van der Waals surface area contributed by atoms with Gasteiger partial charge in [0.05, 0.1) is 11.7 Å². The molecule has 0 bridgehead atoms. The number of nitrogens with zero attached hydrogens (tertiary/aromatic N) is 4. The average molecular weight is 512 g/mol. The third kappa shape index (κ3) is 3.62. The molecule has 1 spiro atoms. The number of carbonyl (C=O) groups excluding carboxylic acids is 3. The summed E-state index contributed by atoms with van der Waals surface area (Å²) in [5, 5.41) is 15.0. The summed E-state index contributed by atoms with van der Waals surface area (Å²) in [5.74, 6) is -1.52. The fraction of sp³-hybridized carbons (Fsp3) is 0.391. The van der Waals surface area contributed by atoms with Crippen molar-refractivity contribution >= 4 is 47.7 Å². The van der Waals surface area contributed by atoms with Crippen LogP contribution < -0.4 is 21.1 Å². The first-order chi connectivity index (χ1) is 17.1. The van der Waals surface area contributed by atoms with E-state index in [2.05, 4.69) is 25.5 Å². The molecule has 1 aromatic heterocycles. The first-order valence-electron chi connectivity index (χ1n) is 11.5. The standard InChI is InChI=1S/C23H25N7O5S/c1-3-29-18(32)14(17(31)25-22(29)36)10-24-13-4-5-15-12(8-13)9-23(16-11-28(2)6-7-30(15)16)19(33)26-21(35)27-20(23)34/h4-5,8,10,16,32H,3,6-7,9,11H2,1-2H3,(H,25,31,36)(H2,26,27,33,34,35)/t16-/m0/s1. The summed E-state index contributed by atoms with van der Waals surface area (Å²) in [7, 11) is 1.93. The van der Waals surface area contributed by atoms with Crippen LogP contribution in [0, 0.1) is 10.2 Å². The summed E-state index contributed by atoms with van der Waals surface area (Å²) >= 11 is 5.08. The van der Waals surface area contributed by atoms with Crippen LogP contribution in [0.15, 0.2) is 28.0 Å². The van der Waals surface area contributed by atoms with Crippen LogP contribution in [0.2, 0.25) is 0 Å². The topological polar surface area (TPSA) is 152 Å². The van der Waals surface area contributed by atoms with Crippen molar-refractivity contribution in [2.45, 2.75) is 25.9 Å². The minimum Gasteiger partial charge on any atom is -0.494 e. The number of urea groups is 1. The highest BCUT2D eigenvalue weighted by atomic mass is 32.1. The molecule has 36 heavy (non-hydrogen) atoms. The molecular weight excluding hydrogens is 486 g/mol. The van der Waals surface area contributed by atoms with Crippen LogP contribution in [0.1, 0.15) is 18.1 Å². The zero-order valence-corrected chi connectivity index (χ0v) is 20.5. The number of aromatic nitrogens is 2. The van der Waals surface area contributed by atoms with Gasteiger partial charge in [0.25, 0.3) is 5.56 Å². The quantitative estimate of drug-likeness (QED) is 0.263. The van der Waals surface area contributed by atoms with Gasteiger partial charge < -0.3 is 14.9 Å². The van der Waals surface area contributed by atoms with E-state index in [1.807, 2.05) is 18.0 Å². The summed E-state index contributed by atoms with van der Waals surface area (Å²) in [5.41, 5.74) is -0.0256. The molecule has 1 atom stereocenters. The van der Waals surface area contributed by atoms with Gasteiger partial charge in [0.15, 0.2) is 10.2 Å². The summed E-state index contributed by atoms with van der Waals surface area (Å²) in [6, 6.07) is 4.12. The molecule has 3 aliphatic heterocycles. The zero-order valence-electron chi connectivity index (χ0n) is 19.7. The van der Waals surface area contributed by atoms with Gasteiger partial charge in [-0.3, -0.25) is 39.6 Å². The largest absolute Gasteiger partial charge is 0.494 e. The second-order valence-corrected chi connectivity index (χ2v) is 9.56. The molecule has 2 fully saturated rings. The van der Waals surface area contributed by atoms with E-state index in [4.69, 9.17) is 12.2 Å². The number of fused-ring (bicyclic) bond motifs is 4. The highest BCUT2D eigenvalue weighted by Crippen LogP contribution is 2.45. The number of H-pyrrole nitrogens is 1. The normalized spacial score (nSPS) is 21.3. The van der Waals surface area contributed by atoms with Crippen LogP contribution in [-0.2, 0) is 22.6 Å². The molecule has 3 aliphatic rings. The van der Waals surface area contributed by atoms with Gasteiger partial charge in [-0.05, 0) is 56.4 Å². The number of likely N-dealkylation sites (N-methyl/N-ethyl adjacent to an activating group) is 1. The number of anilines is 1. The molecule has 4 heterocycles. The monoisotopic (exact) mass is 511 g/mol. The van der Waals surface area contributed by atoms with Crippen molar-refractivity contribution in [3.05, 3.63) is 44.5 Å². The molecule has 0 aliphatic carbocycles. The molecule has 0 radical (unpaired) electrons. The van der Waals surface area contributed by atoms with Crippen LogP contribution in [-0.4, -0.2) is 76.3 Å². The lowest BCUT2D eigenvalue weighted by Crippen LogP contribution is -2.74. The first-order valence-corrected chi connectivity index (χ1v) is 11.9. The molecule has 4 amide bonds. The number of piperazine rings is 1. The maximum Gasteiger partial charge on any atom is 0.328 e. The number of aromatic hydroxyl groups is 1. The fourth-order valence-electron chi connectivity index (χ4n) is 5.27. The van der Waals surface area contributed by atoms with Crippen molar-refractivity contribution in [1.82, 2.24) is 25.1 Å². The van der Waals surface area contributed by atoms with Crippen molar-refractivity contribution in [2.75, 3.05) is 31.6 Å². The number of imide groups is 2. The van der Waals surface area contributed by atoms with E-state index in [1.54, 1.807) is 19.1 Å². The van der Waals surface area contributed by atoms with Crippen LogP contribution in [0.4, 0.5) is 16.2 Å². The van der Waals surface area contributed by atoms with E-state index in [0.717, 1.165) is 12.2 Å². The Hall–Kier alpha value is -3.84. The lowest BCUT2D eigenvalue weighted by atomic mass is 9.68. The summed E-state index contributed by atoms with van der Waals surface area (Å²) < 4.78 is 1.49.